The average Bonchev–Trinajstić information content (AvgIpc) is 3.35. The van der Waals surface area contributed by atoms with Crippen molar-refractivity contribution >= 4 is 17.9 Å². The molecule has 1 saturated heterocycles. The third-order valence-corrected chi connectivity index (χ3v) is 9.38. The highest BCUT2D eigenvalue weighted by atomic mass is 19.4. The molecule has 258 valence electrons. The van der Waals surface area contributed by atoms with E-state index in [1.165, 1.54) is 11.0 Å². The summed E-state index contributed by atoms with van der Waals surface area (Å²) in [5.74, 6) is 0.241. The van der Waals surface area contributed by atoms with Gasteiger partial charge in [0.05, 0.1) is 36.6 Å². The van der Waals surface area contributed by atoms with Crippen LogP contribution in [0.4, 0.5) is 28.2 Å². The van der Waals surface area contributed by atoms with Crippen LogP contribution in [0.5, 0.6) is 0 Å². The van der Waals surface area contributed by atoms with Gasteiger partial charge in [-0.3, -0.25) is 9.69 Å². The summed E-state index contributed by atoms with van der Waals surface area (Å²) in [4.78, 5) is 37.7. The molecule has 2 atom stereocenters. The van der Waals surface area contributed by atoms with Gasteiger partial charge in [-0.1, -0.05) is 24.3 Å². The third-order valence-electron chi connectivity index (χ3n) is 9.38. The maximum absolute atomic E-state index is 13.6. The molecule has 2 aromatic carbocycles. The van der Waals surface area contributed by atoms with Crippen molar-refractivity contribution in [3.05, 3.63) is 76.6 Å². The van der Waals surface area contributed by atoms with Crippen LogP contribution >= 0.6 is 0 Å². The Morgan fingerprint density at radius 3 is 2.35 bits per heavy atom. The summed E-state index contributed by atoms with van der Waals surface area (Å²) in [6.45, 7) is 3.63. The van der Waals surface area contributed by atoms with E-state index in [0.717, 1.165) is 48.9 Å². The minimum atomic E-state index is -4.70. The Morgan fingerprint density at radius 2 is 1.75 bits per heavy atom. The van der Waals surface area contributed by atoms with Gasteiger partial charge in [-0.15, -0.1) is 0 Å². The Balaban J connectivity index is 1.44. The normalized spacial score (nSPS) is 21.3. The number of aliphatic carboxylic acids is 1. The predicted molar refractivity (Wildman–Crippen MR) is 169 cm³/mol. The maximum Gasteiger partial charge on any atom is 0.416 e. The number of aromatic nitrogens is 2. The Labute approximate surface area is 276 Å². The third kappa shape index (κ3) is 8.05. The van der Waals surface area contributed by atoms with Crippen LogP contribution in [-0.2, 0) is 35.5 Å². The van der Waals surface area contributed by atoms with Crippen LogP contribution in [0.2, 0.25) is 0 Å². The van der Waals surface area contributed by atoms with Crippen LogP contribution < -0.4 is 4.90 Å². The van der Waals surface area contributed by atoms with Crippen molar-refractivity contribution in [1.29, 1.82) is 0 Å². The number of hydrogen-bond acceptors (Lipinski definition) is 7. The van der Waals surface area contributed by atoms with Gasteiger partial charge in [0.25, 0.3) is 0 Å². The zero-order valence-corrected chi connectivity index (χ0v) is 26.9. The summed E-state index contributed by atoms with van der Waals surface area (Å²) in [5.41, 5.74) is 1.35. The molecule has 1 unspecified atom stereocenters. The monoisotopic (exact) mass is 672 g/mol. The van der Waals surface area contributed by atoms with E-state index in [1.807, 2.05) is 19.1 Å². The number of carboxylic acids is 1. The number of amides is 1. The molecule has 2 aliphatic rings. The molecule has 2 N–H and O–H groups in total. The number of hydrogen-bond donors (Lipinski definition) is 2. The van der Waals surface area contributed by atoms with Crippen molar-refractivity contribution in [2.24, 2.45) is 11.8 Å². The number of carbonyl (C=O) groups excluding carboxylic acids is 1. The highest BCUT2D eigenvalue weighted by Crippen LogP contribution is 2.39. The Hall–Kier alpha value is -4.26. The molecule has 0 bridgehead atoms. The fourth-order valence-electron chi connectivity index (χ4n) is 6.70. The molecule has 1 amide bonds. The van der Waals surface area contributed by atoms with Gasteiger partial charge in [-0.25, -0.2) is 19.2 Å². The minimum Gasteiger partial charge on any atom is -0.481 e. The van der Waals surface area contributed by atoms with E-state index >= 15 is 0 Å². The number of anilines is 1. The lowest BCUT2D eigenvalue weighted by Gasteiger charge is -2.33. The van der Waals surface area contributed by atoms with E-state index in [2.05, 4.69) is 4.90 Å². The molecule has 13 heteroatoms. The van der Waals surface area contributed by atoms with Crippen LogP contribution in [0.25, 0.3) is 11.3 Å². The Kier molecular flexibility index (Phi) is 10.9. The van der Waals surface area contributed by atoms with Crippen molar-refractivity contribution in [2.45, 2.75) is 84.1 Å². The van der Waals surface area contributed by atoms with Gasteiger partial charge < -0.3 is 19.8 Å². The molecule has 9 nitrogen and oxygen atoms in total. The molecule has 1 aliphatic carbocycles. The number of halogens is 4. The first-order chi connectivity index (χ1) is 22.9. The van der Waals surface area contributed by atoms with Gasteiger partial charge >= 0.3 is 18.2 Å². The standard InChI is InChI=1S/C35H40F4N4O5/c1-3-42(18-23-6-4-22(5-7-23)14-31(45)46)33-30(41-29(17-40-33)26-10-8-24(20-44)9-11-26)19-43-21(2)32(48-34(43)47)27-12-25(16-36)13-28(15-27)35(37,38)39/h8-13,15,17,21-23,32,44H,3-7,14,16,18-20H2,1-2H3,(H,45,46)/t21-,22?,23?,32?/m0/s1. The van der Waals surface area contributed by atoms with Gasteiger partial charge in [-0.05, 0) is 86.3 Å². The predicted octanol–water partition coefficient (Wildman–Crippen LogP) is 7.31. The van der Waals surface area contributed by atoms with Gasteiger partial charge in [0.1, 0.15) is 18.5 Å². The summed E-state index contributed by atoms with van der Waals surface area (Å²) < 4.78 is 60.0. The molecule has 0 spiro atoms. The lowest BCUT2D eigenvalue weighted by Crippen LogP contribution is -2.36. The summed E-state index contributed by atoms with van der Waals surface area (Å²) in [5, 5.41) is 18.7. The molecule has 2 fully saturated rings. The second-order valence-corrected chi connectivity index (χ2v) is 12.7. The number of carboxylic acid groups (broad SMARTS) is 1. The number of aliphatic hydroxyl groups is 1. The molecular formula is C35H40F4N4O5. The Morgan fingerprint density at radius 1 is 1.06 bits per heavy atom. The van der Waals surface area contributed by atoms with Crippen LogP contribution in [0.15, 0.2) is 48.7 Å². The van der Waals surface area contributed by atoms with Gasteiger partial charge in [-0.2, -0.15) is 13.2 Å². The highest BCUT2D eigenvalue weighted by molar-refractivity contribution is 5.71. The highest BCUT2D eigenvalue weighted by Gasteiger charge is 2.42. The van der Waals surface area contributed by atoms with Gasteiger partial charge in [0.2, 0.25) is 0 Å². The molecule has 3 aromatic rings. The van der Waals surface area contributed by atoms with E-state index in [0.29, 0.717) is 36.2 Å². The lowest BCUT2D eigenvalue weighted by atomic mass is 9.80. The number of cyclic esters (lactones) is 1. The average molecular weight is 673 g/mol. The lowest BCUT2D eigenvalue weighted by molar-refractivity contribution is -0.139. The number of aliphatic hydroxyl groups excluding tert-OH is 1. The van der Waals surface area contributed by atoms with Crippen molar-refractivity contribution < 1.29 is 42.1 Å². The zero-order valence-electron chi connectivity index (χ0n) is 26.9. The summed E-state index contributed by atoms with van der Waals surface area (Å²) in [7, 11) is 0. The van der Waals surface area contributed by atoms with Crippen LogP contribution in [0.1, 0.15) is 80.0 Å². The summed E-state index contributed by atoms with van der Waals surface area (Å²) in [6, 6.07) is 9.39. The molecule has 1 aromatic heterocycles. The SMILES string of the molecule is CCN(CC1CCC(CC(=O)O)CC1)c1ncc(-c2ccc(CO)cc2)nc1CN1C(=O)OC(c2cc(CF)cc(C(F)(F)F)c2)[C@@H]1C. The van der Waals surface area contributed by atoms with Gasteiger partial charge in [0, 0.05) is 25.1 Å². The quantitative estimate of drug-likeness (QED) is 0.193. The van der Waals surface area contributed by atoms with Crippen molar-refractivity contribution in [2.75, 3.05) is 18.0 Å². The topological polar surface area (TPSA) is 116 Å². The van der Waals surface area contributed by atoms with Crippen molar-refractivity contribution in [3.8, 4) is 11.3 Å². The molecule has 1 saturated carbocycles. The fraction of sp³-hybridized carbons (Fsp3) is 0.486. The van der Waals surface area contributed by atoms with Crippen molar-refractivity contribution in [1.82, 2.24) is 14.9 Å². The Bertz CT molecular complexity index is 1590. The number of alkyl halides is 4. The number of benzene rings is 2. The smallest absolute Gasteiger partial charge is 0.416 e. The fourth-order valence-corrected chi connectivity index (χ4v) is 6.70. The zero-order chi connectivity index (χ0) is 34.6. The summed E-state index contributed by atoms with van der Waals surface area (Å²) in [6.07, 6.45) is -1.29. The van der Waals surface area contributed by atoms with E-state index in [4.69, 9.17) is 14.7 Å². The molecular weight excluding hydrogens is 632 g/mol. The minimum absolute atomic E-state index is 0.0435. The second kappa shape index (κ2) is 14.9. The second-order valence-electron chi connectivity index (χ2n) is 12.7. The first-order valence-electron chi connectivity index (χ1n) is 16.2. The molecule has 2 heterocycles. The van der Waals surface area contributed by atoms with Crippen LogP contribution in [0, 0.1) is 11.8 Å². The first kappa shape index (κ1) is 35.1. The number of ether oxygens (including phenoxy) is 1. The van der Waals surface area contributed by atoms with Crippen molar-refractivity contribution in [3.63, 3.8) is 0 Å². The number of nitrogens with zero attached hydrogens (tertiary/aromatic N) is 4. The van der Waals surface area contributed by atoms with Crippen LogP contribution in [0.3, 0.4) is 0 Å². The van der Waals surface area contributed by atoms with E-state index < -0.39 is 42.6 Å². The molecule has 48 heavy (non-hydrogen) atoms. The van der Waals surface area contributed by atoms with E-state index in [9.17, 15) is 37.4 Å². The van der Waals surface area contributed by atoms with E-state index in [-0.39, 0.29) is 36.6 Å². The first-order valence-corrected chi connectivity index (χ1v) is 16.2. The molecule has 0 radical (unpaired) electrons. The largest absolute Gasteiger partial charge is 0.481 e. The molecule has 1 aliphatic heterocycles. The summed E-state index contributed by atoms with van der Waals surface area (Å²) >= 11 is 0. The number of rotatable bonds is 12. The van der Waals surface area contributed by atoms with Gasteiger partial charge in [0.15, 0.2) is 5.82 Å². The number of carbonyl (C=O) groups is 2. The maximum atomic E-state index is 13.6. The van der Waals surface area contributed by atoms with Crippen LogP contribution in [-0.4, -0.2) is 56.3 Å². The van der Waals surface area contributed by atoms with E-state index in [1.54, 1.807) is 25.3 Å². The molecule has 5 rings (SSSR count).